The molecular formula is C22H23N3O7. The van der Waals surface area contributed by atoms with E-state index in [9.17, 15) is 14.4 Å². The van der Waals surface area contributed by atoms with Crippen molar-refractivity contribution in [2.45, 2.75) is 12.1 Å². The van der Waals surface area contributed by atoms with E-state index in [0.717, 1.165) is 4.90 Å². The zero-order chi connectivity index (χ0) is 23.0. The van der Waals surface area contributed by atoms with Crippen LogP contribution in [0.1, 0.15) is 11.6 Å². The van der Waals surface area contributed by atoms with Crippen LogP contribution in [0.2, 0.25) is 0 Å². The van der Waals surface area contributed by atoms with Crippen LogP contribution in [0, 0.1) is 5.92 Å². The van der Waals surface area contributed by atoms with Gasteiger partial charge in [-0.15, -0.1) is 0 Å². The molecule has 3 unspecified atom stereocenters. The zero-order valence-electron chi connectivity index (χ0n) is 17.8. The van der Waals surface area contributed by atoms with E-state index >= 15 is 0 Å². The second-order valence-corrected chi connectivity index (χ2v) is 7.34. The van der Waals surface area contributed by atoms with Gasteiger partial charge in [0, 0.05) is 0 Å². The van der Waals surface area contributed by atoms with Gasteiger partial charge in [0.25, 0.3) is 5.91 Å². The first-order valence-corrected chi connectivity index (χ1v) is 9.85. The van der Waals surface area contributed by atoms with Gasteiger partial charge < -0.3 is 19.9 Å². The quantitative estimate of drug-likeness (QED) is 0.633. The van der Waals surface area contributed by atoms with Gasteiger partial charge >= 0.3 is 0 Å². The van der Waals surface area contributed by atoms with Gasteiger partial charge in [0.15, 0.2) is 17.6 Å². The van der Waals surface area contributed by atoms with Crippen LogP contribution in [-0.2, 0) is 19.2 Å². The molecule has 4 rings (SSSR count). The first-order valence-electron chi connectivity index (χ1n) is 9.85. The predicted octanol–water partition coefficient (Wildman–Crippen LogP) is 1.04. The number of imide groups is 1. The minimum atomic E-state index is -1.09. The molecule has 2 aliphatic heterocycles. The molecule has 2 fully saturated rings. The fourth-order valence-corrected chi connectivity index (χ4v) is 4.24. The number of hydroxylamine groups is 2. The van der Waals surface area contributed by atoms with Crippen LogP contribution in [0.25, 0.3) is 0 Å². The van der Waals surface area contributed by atoms with Crippen LogP contribution in [0.5, 0.6) is 17.2 Å². The number of hydrogen-bond donors (Lipinski definition) is 1. The summed E-state index contributed by atoms with van der Waals surface area (Å²) in [7, 11) is 4.42. The number of benzene rings is 2. The molecule has 0 radical (unpaired) electrons. The Labute approximate surface area is 184 Å². The number of fused-ring (bicyclic) bond motifs is 1. The Bertz CT molecular complexity index is 1030. The fraction of sp³-hybridized carbons (Fsp3) is 0.318. The second kappa shape index (κ2) is 8.48. The van der Waals surface area contributed by atoms with Gasteiger partial charge in [-0.1, -0.05) is 18.2 Å². The van der Waals surface area contributed by atoms with Gasteiger partial charge in [-0.25, -0.2) is 4.90 Å². The molecule has 10 heteroatoms. The molecule has 0 saturated carbocycles. The van der Waals surface area contributed by atoms with Gasteiger partial charge in [0.05, 0.1) is 39.0 Å². The van der Waals surface area contributed by atoms with Crippen LogP contribution >= 0.6 is 0 Å². The van der Waals surface area contributed by atoms with Crippen LogP contribution in [0.15, 0.2) is 42.5 Å². The molecule has 10 nitrogen and oxygen atoms in total. The minimum Gasteiger partial charge on any atom is -0.493 e. The number of para-hydroxylation sites is 1. The molecule has 2 aromatic carbocycles. The third-order valence-corrected chi connectivity index (χ3v) is 5.55. The number of carbonyl (C=O) groups excluding carboxylic acids is 3. The van der Waals surface area contributed by atoms with Crippen molar-refractivity contribution in [3.8, 4) is 17.2 Å². The summed E-state index contributed by atoms with van der Waals surface area (Å²) in [4.78, 5) is 45.2. The smallest absolute Gasteiger partial charge is 0.265 e. The Morgan fingerprint density at radius 3 is 2.16 bits per heavy atom. The standard InChI is InChI=1S/C22H23N3O7/c1-29-14-9-12(10-15(30-2)19(14)31-3)18-17-20(32-24(18)11-16(23)26)22(28)25(21(17)27)13-7-5-4-6-8-13/h4-10,17-18,20H,11H2,1-3H3,(H2,23,26). The van der Waals surface area contributed by atoms with Gasteiger partial charge in [-0.3, -0.25) is 19.2 Å². The molecule has 0 bridgehead atoms. The Morgan fingerprint density at radius 1 is 1.00 bits per heavy atom. The summed E-state index contributed by atoms with van der Waals surface area (Å²) in [5.74, 6) is -1.41. The molecule has 2 saturated heterocycles. The van der Waals surface area contributed by atoms with Crippen LogP contribution in [0.4, 0.5) is 5.69 Å². The van der Waals surface area contributed by atoms with E-state index in [1.807, 2.05) is 0 Å². The summed E-state index contributed by atoms with van der Waals surface area (Å²) >= 11 is 0. The lowest BCUT2D eigenvalue weighted by atomic mass is 9.90. The monoisotopic (exact) mass is 441 g/mol. The first-order chi connectivity index (χ1) is 15.4. The SMILES string of the molecule is COc1cc(C2C3C(=O)N(c4ccccc4)C(=O)C3ON2CC(N)=O)cc(OC)c1OC. The fourth-order valence-electron chi connectivity index (χ4n) is 4.24. The van der Waals surface area contributed by atoms with Gasteiger partial charge in [-0.2, -0.15) is 5.06 Å². The van der Waals surface area contributed by atoms with Crippen molar-refractivity contribution < 1.29 is 33.4 Å². The van der Waals surface area contributed by atoms with E-state index in [0.29, 0.717) is 28.5 Å². The molecular weight excluding hydrogens is 418 g/mol. The lowest BCUT2D eigenvalue weighted by molar-refractivity contribution is -0.175. The lowest BCUT2D eigenvalue weighted by Gasteiger charge is -2.27. The van der Waals surface area contributed by atoms with Crippen molar-refractivity contribution in [2.75, 3.05) is 32.8 Å². The summed E-state index contributed by atoms with van der Waals surface area (Å²) in [5, 5.41) is 1.27. The van der Waals surface area contributed by atoms with Crippen molar-refractivity contribution in [2.24, 2.45) is 11.7 Å². The van der Waals surface area contributed by atoms with E-state index < -0.39 is 35.8 Å². The summed E-state index contributed by atoms with van der Waals surface area (Å²) in [5.41, 5.74) is 6.39. The Hall–Kier alpha value is -3.63. The summed E-state index contributed by atoms with van der Waals surface area (Å²) in [6, 6.07) is 11.1. The van der Waals surface area contributed by atoms with Crippen molar-refractivity contribution in [3.05, 3.63) is 48.0 Å². The average molecular weight is 441 g/mol. The van der Waals surface area contributed by atoms with E-state index in [1.165, 1.54) is 26.4 Å². The normalized spacial score (nSPS) is 22.7. The molecule has 2 N–H and O–H groups in total. The highest BCUT2D eigenvalue weighted by Crippen LogP contribution is 2.48. The molecule has 168 valence electrons. The van der Waals surface area contributed by atoms with Gasteiger partial charge in [0.2, 0.25) is 17.6 Å². The third kappa shape index (κ3) is 3.43. The van der Waals surface area contributed by atoms with Gasteiger partial charge in [0.1, 0.15) is 6.54 Å². The number of primary amides is 1. The zero-order valence-corrected chi connectivity index (χ0v) is 17.8. The minimum absolute atomic E-state index is 0.305. The van der Waals surface area contributed by atoms with Crippen LogP contribution in [0.3, 0.4) is 0 Å². The molecule has 2 aromatic rings. The maximum absolute atomic E-state index is 13.4. The maximum Gasteiger partial charge on any atom is 0.265 e. The van der Waals surface area contributed by atoms with Crippen molar-refractivity contribution in [1.29, 1.82) is 0 Å². The van der Waals surface area contributed by atoms with Gasteiger partial charge in [-0.05, 0) is 29.8 Å². The number of amides is 3. The number of anilines is 1. The summed E-state index contributed by atoms with van der Waals surface area (Å²) in [6.07, 6.45) is -1.09. The Morgan fingerprint density at radius 2 is 1.62 bits per heavy atom. The van der Waals surface area contributed by atoms with E-state index in [1.54, 1.807) is 42.5 Å². The Kier molecular flexibility index (Phi) is 5.72. The third-order valence-electron chi connectivity index (χ3n) is 5.55. The van der Waals surface area contributed by atoms with E-state index in [-0.39, 0.29) is 6.54 Å². The van der Waals surface area contributed by atoms with Crippen molar-refractivity contribution >= 4 is 23.4 Å². The summed E-state index contributed by atoms with van der Waals surface area (Å²) < 4.78 is 16.2. The predicted molar refractivity (Wildman–Crippen MR) is 112 cm³/mol. The molecule has 0 aromatic heterocycles. The average Bonchev–Trinajstić information content (AvgIpc) is 3.27. The highest BCUT2D eigenvalue weighted by atomic mass is 16.7. The van der Waals surface area contributed by atoms with Crippen LogP contribution in [-0.4, -0.2) is 56.8 Å². The maximum atomic E-state index is 13.4. The topological polar surface area (TPSA) is 121 Å². The first kappa shape index (κ1) is 21.6. The van der Waals surface area contributed by atoms with Crippen molar-refractivity contribution in [3.63, 3.8) is 0 Å². The molecule has 2 aliphatic rings. The second-order valence-electron chi connectivity index (χ2n) is 7.34. The molecule has 2 heterocycles. The van der Waals surface area contributed by atoms with Crippen LogP contribution < -0.4 is 24.8 Å². The lowest BCUT2D eigenvalue weighted by Crippen LogP contribution is -2.40. The number of nitrogens with zero attached hydrogens (tertiary/aromatic N) is 2. The number of hydrogen-bond acceptors (Lipinski definition) is 8. The van der Waals surface area contributed by atoms with E-state index in [4.69, 9.17) is 24.8 Å². The Balaban J connectivity index is 1.81. The number of rotatable bonds is 7. The number of nitrogens with two attached hydrogens (primary N) is 1. The molecule has 32 heavy (non-hydrogen) atoms. The largest absolute Gasteiger partial charge is 0.493 e. The molecule has 3 amide bonds. The number of carbonyl (C=O) groups is 3. The highest BCUT2D eigenvalue weighted by Gasteiger charge is 2.60. The summed E-state index contributed by atoms with van der Waals surface area (Å²) in [6.45, 7) is -0.305. The molecule has 0 aliphatic carbocycles. The molecule has 3 atom stereocenters. The number of methoxy groups -OCH3 is 3. The molecule has 0 spiro atoms. The number of ether oxygens (including phenoxy) is 3. The van der Waals surface area contributed by atoms with E-state index in [2.05, 4.69) is 0 Å². The highest BCUT2D eigenvalue weighted by molar-refractivity contribution is 6.23. The van der Waals surface area contributed by atoms with Crippen molar-refractivity contribution in [1.82, 2.24) is 5.06 Å².